The number of hydrogen-bond acceptors (Lipinski definition) is 3. The Morgan fingerprint density at radius 3 is 2.08 bits per heavy atom. The SMILES string of the molecule is Cc1ccc2c(c1)c1cc(C)ccc1n2CCCCP(=O)(O)O[PH](=O)O. The minimum Gasteiger partial charge on any atom is -0.340 e. The molecule has 26 heavy (non-hydrogen) atoms. The topological polar surface area (TPSA) is 88.8 Å². The fourth-order valence-corrected chi connectivity index (χ4v) is 5.29. The average molecular weight is 395 g/mol. The Bertz CT molecular complexity index is 968. The van der Waals surface area contributed by atoms with E-state index in [0.717, 1.165) is 11.0 Å². The number of benzene rings is 2. The molecule has 0 radical (unpaired) electrons. The van der Waals surface area contributed by atoms with Crippen LogP contribution < -0.4 is 0 Å². The summed E-state index contributed by atoms with van der Waals surface area (Å²) in [5.74, 6) is 0. The lowest BCUT2D eigenvalue weighted by Gasteiger charge is -2.11. The molecule has 0 fully saturated rings. The zero-order chi connectivity index (χ0) is 18.9. The third kappa shape index (κ3) is 4.28. The van der Waals surface area contributed by atoms with Gasteiger partial charge in [0.2, 0.25) is 0 Å². The quantitative estimate of drug-likeness (QED) is 0.444. The van der Waals surface area contributed by atoms with Gasteiger partial charge in [0.1, 0.15) is 0 Å². The summed E-state index contributed by atoms with van der Waals surface area (Å²) in [6.07, 6.45) is 0.974. The van der Waals surface area contributed by atoms with Crippen LogP contribution >= 0.6 is 15.9 Å². The van der Waals surface area contributed by atoms with E-state index in [2.05, 4.69) is 59.1 Å². The molecule has 2 N–H and O–H groups in total. The van der Waals surface area contributed by atoms with Crippen molar-refractivity contribution in [2.45, 2.75) is 33.2 Å². The minimum atomic E-state index is -3.99. The number of unbranched alkanes of at least 4 members (excludes halogenated alkanes) is 1. The molecule has 0 bridgehead atoms. The van der Waals surface area contributed by atoms with Gasteiger partial charge in [-0.3, -0.25) is 9.13 Å². The minimum absolute atomic E-state index is 0.126. The van der Waals surface area contributed by atoms with Gasteiger partial charge >= 0.3 is 15.9 Å². The molecule has 2 unspecified atom stereocenters. The van der Waals surface area contributed by atoms with Crippen molar-refractivity contribution in [1.82, 2.24) is 4.57 Å². The summed E-state index contributed by atoms with van der Waals surface area (Å²) in [4.78, 5) is 18.2. The van der Waals surface area contributed by atoms with Crippen molar-refractivity contribution in [1.29, 1.82) is 0 Å². The summed E-state index contributed by atoms with van der Waals surface area (Å²) in [5, 5.41) is 2.41. The van der Waals surface area contributed by atoms with Gasteiger partial charge < -0.3 is 14.4 Å². The smallest absolute Gasteiger partial charge is 0.335 e. The van der Waals surface area contributed by atoms with E-state index in [1.165, 1.54) is 21.9 Å². The predicted octanol–water partition coefficient (Wildman–Crippen LogP) is 4.78. The highest BCUT2D eigenvalue weighted by molar-refractivity contribution is 7.59. The van der Waals surface area contributed by atoms with Crippen LogP contribution in [0.2, 0.25) is 0 Å². The van der Waals surface area contributed by atoms with Gasteiger partial charge in [0.05, 0.1) is 6.16 Å². The van der Waals surface area contributed by atoms with E-state index >= 15 is 0 Å². The summed E-state index contributed by atoms with van der Waals surface area (Å²) < 4.78 is 28.8. The maximum absolute atomic E-state index is 11.7. The van der Waals surface area contributed by atoms with Crippen LogP contribution in [0.15, 0.2) is 36.4 Å². The normalized spacial score (nSPS) is 15.4. The number of rotatable bonds is 7. The summed E-state index contributed by atoms with van der Waals surface area (Å²) in [7, 11) is -7.40. The van der Waals surface area contributed by atoms with Crippen molar-refractivity contribution in [2.75, 3.05) is 6.16 Å². The first kappa shape index (κ1) is 19.3. The Morgan fingerprint density at radius 2 is 1.58 bits per heavy atom. The second-order valence-electron chi connectivity index (χ2n) is 6.62. The summed E-state index contributed by atoms with van der Waals surface area (Å²) in [5.41, 5.74) is 4.69. The molecule has 8 heteroatoms. The Morgan fingerprint density at radius 1 is 1.04 bits per heavy atom. The molecule has 0 spiro atoms. The van der Waals surface area contributed by atoms with Crippen molar-refractivity contribution in [3.63, 3.8) is 0 Å². The number of hydrogen-bond donors (Lipinski definition) is 2. The van der Waals surface area contributed by atoms with E-state index in [4.69, 9.17) is 4.89 Å². The first-order valence-corrected chi connectivity index (χ1v) is 11.5. The van der Waals surface area contributed by atoms with Gasteiger partial charge in [-0.25, -0.2) is 4.31 Å². The van der Waals surface area contributed by atoms with Gasteiger partial charge in [0.15, 0.2) is 0 Å². The number of aryl methyl sites for hydroxylation is 3. The van der Waals surface area contributed by atoms with Crippen molar-refractivity contribution in [2.24, 2.45) is 0 Å². The van der Waals surface area contributed by atoms with Crippen LogP contribution in [0.4, 0.5) is 0 Å². The van der Waals surface area contributed by atoms with Crippen LogP contribution in [0.1, 0.15) is 24.0 Å². The fourth-order valence-electron chi connectivity index (χ4n) is 3.32. The van der Waals surface area contributed by atoms with E-state index in [1.807, 2.05) is 0 Å². The molecule has 0 saturated heterocycles. The molecular formula is C18H23NO5P2. The maximum Gasteiger partial charge on any atom is 0.335 e. The lowest BCUT2D eigenvalue weighted by atomic mass is 10.1. The summed E-state index contributed by atoms with van der Waals surface area (Å²) in [6.45, 7) is 4.84. The standard InChI is InChI=1S/C18H23NO5P2/c1-13-5-7-17-15(11-13)16-12-14(2)6-8-18(16)19(17)9-3-4-10-26(22,23)24-25(20)21/h5-8,11-12,25H,3-4,9-10H2,1-2H3,(H,20,21)(H,22,23). The van der Waals surface area contributed by atoms with E-state index in [0.29, 0.717) is 19.4 Å². The highest BCUT2D eigenvalue weighted by Crippen LogP contribution is 2.50. The van der Waals surface area contributed by atoms with Crippen molar-refractivity contribution >= 4 is 37.7 Å². The molecule has 0 aliphatic rings. The zero-order valence-corrected chi connectivity index (χ0v) is 16.7. The maximum atomic E-state index is 11.7. The van der Waals surface area contributed by atoms with Gasteiger partial charge in [-0.15, -0.1) is 0 Å². The highest BCUT2D eigenvalue weighted by Gasteiger charge is 2.21. The van der Waals surface area contributed by atoms with Gasteiger partial charge in [-0.2, -0.15) is 0 Å². The molecule has 1 aromatic heterocycles. The predicted molar refractivity (Wildman–Crippen MR) is 105 cm³/mol. The third-order valence-electron chi connectivity index (χ3n) is 4.47. The van der Waals surface area contributed by atoms with E-state index < -0.39 is 15.9 Å². The van der Waals surface area contributed by atoms with Crippen LogP contribution in [-0.4, -0.2) is 20.5 Å². The molecule has 2 atom stereocenters. The van der Waals surface area contributed by atoms with Gasteiger partial charge in [0, 0.05) is 28.4 Å². The second kappa shape index (κ2) is 7.67. The Labute approximate surface area is 152 Å². The first-order valence-electron chi connectivity index (χ1n) is 8.50. The van der Waals surface area contributed by atoms with Crippen molar-refractivity contribution < 1.29 is 23.2 Å². The molecule has 0 aliphatic heterocycles. The number of aromatic nitrogens is 1. The van der Waals surface area contributed by atoms with Crippen LogP contribution in [0, 0.1) is 13.8 Å². The Kier molecular flexibility index (Phi) is 5.71. The second-order valence-corrected chi connectivity index (χ2v) is 9.60. The molecule has 0 saturated carbocycles. The molecule has 0 amide bonds. The van der Waals surface area contributed by atoms with Gasteiger partial charge in [-0.1, -0.05) is 23.3 Å². The zero-order valence-electron chi connectivity index (χ0n) is 14.8. The van der Waals surface area contributed by atoms with Crippen molar-refractivity contribution in [3.8, 4) is 0 Å². The fraction of sp³-hybridized carbons (Fsp3) is 0.333. The van der Waals surface area contributed by atoms with Gasteiger partial charge in [-0.05, 0) is 51.0 Å². The number of nitrogens with zero attached hydrogens (tertiary/aromatic N) is 1. The van der Waals surface area contributed by atoms with Crippen molar-refractivity contribution in [3.05, 3.63) is 47.5 Å². The van der Waals surface area contributed by atoms with E-state index in [9.17, 15) is 14.0 Å². The van der Waals surface area contributed by atoms with Crippen LogP contribution in [-0.2, 0) is 20.0 Å². The third-order valence-corrected chi connectivity index (χ3v) is 7.12. The molecule has 140 valence electrons. The molecule has 2 aromatic carbocycles. The average Bonchev–Trinajstić information content (AvgIpc) is 2.83. The molecule has 1 heterocycles. The monoisotopic (exact) mass is 395 g/mol. The first-order chi connectivity index (χ1) is 12.3. The van der Waals surface area contributed by atoms with Crippen LogP contribution in [0.25, 0.3) is 21.8 Å². The summed E-state index contributed by atoms with van der Waals surface area (Å²) in [6, 6.07) is 12.7. The highest BCUT2D eigenvalue weighted by atomic mass is 31.2. The van der Waals surface area contributed by atoms with Gasteiger partial charge in [0.25, 0.3) is 0 Å². The van der Waals surface area contributed by atoms with E-state index in [1.54, 1.807) is 0 Å². The molecule has 3 rings (SSSR count). The molecule has 6 nitrogen and oxygen atoms in total. The Balaban J connectivity index is 1.83. The van der Waals surface area contributed by atoms with E-state index in [-0.39, 0.29) is 6.16 Å². The lowest BCUT2D eigenvalue weighted by Crippen LogP contribution is -2.00. The van der Waals surface area contributed by atoms with Crippen LogP contribution in [0.5, 0.6) is 0 Å². The lowest BCUT2D eigenvalue weighted by molar-refractivity contribution is 0.348. The van der Waals surface area contributed by atoms with Crippen LogP contribution in [0.3, 0.4) is 0 Å². The number of fused-ring (bicyclic) bond motifs is 3. The molecule has 3 aromatic rings. The summed E-state index contributed by atoms with van der Waals surface area (Å²) >= 11 is 0. The Hall–Kier alpha value is -1.42. The largest absolute Gasteiger partial charge is 0.340 e. The molecule has 0 aliphatic carbocycles. The molecular weight excluding hydrogens is 372 g/mol.